The molecule has 1 amide bonds. The Kier molecular flexibility index (Phi) is 5.93. The molecule has 0 radical (unpaired) electrons. The summed E-state index contributed by atoms with van der Waals surface area (Å²) in [5.41, 5.74) is -0.422. The lowest BCUT2D eigenvalue weighted by molar-refractivity contribution is 0.0527. The summed E-state index contributed by atoms with van der Waals surface area (Å²) in [7, 11) is 0. The predicted octanol–water partition coefficient (Wildman–Crippen LogP) is 2.68. The molecule has 0 aromatic heterocycles. The van der Waals surface area contributed by atoms with Gasteiger partial charge in [-0.1, -0.05) is 12.8 Å². The molecule has 106 valence electrons. The lowest BCUT2D eigenvalue weighted by atomic mass is 10.00. The molecular weight excluding hydrogens is 228 g/mol. The minimum Gasteiger partial charge on any atom is -0.444 e. The molecule has 1 aliphatic rings. The van der Waals surface area contributed by atoms with Crippen LogP contribution in [-0.4, -0.2) is 30.8 Å². The molecule has 0 heterocycles. The van der Waals surface area contributed by atoms with E-state index in [0.717, 1.165) is 12.5 Å². The van der Waals surface area contributed by atoms with Crippen LogP contribution in [0, 0.1) is 5.92 Å². The molecule has 1 aliphatic carbocycles. The van der Waals surface area contributed by atoms with Crippen molar-refractivity contribution >= 4 is 6.09 Å². The molecule has 18 heavy (non-hydrogen) atoms. The third-order valence-corrected chi connectivity index (χ3v) is 3.37. The van der Waals surface area contributed by atoms with E-state index in [1.165, 1.54) is 25.7 Å². The number of ether oxygens (including phenoxy) is 1. The standard InChI is InChI=1S/C14H28N2O2/c1-11(12-7-5-6-8-12)15-9-10-16-13(17)18-14(2,3)4/h11-12,15H,5-10H2,1-4H3,(H,16,17)/t11-/m1/s1. The van der Waals surface area contributed by atoms with Gasteiger partial charge in [0.15, 0.2) is 0 Å². The molecule has 0 aliphatic heterocycles. The number of amides is 1. The van der Waals surface area contributed by atoms with Crippen LogP contribution in [0.15, 0.2) is 0 Å². The number of carbonyl (C=O) groups excluding carboxylic acids is 1. The second-order valence-corrected chi connectivity index (χ2v) is 6.22. The van der Waals surface area contributed by atoms with Crippen molar-refractivity contribution in [2.24, 2.45) is 5.92 Å². The second kappa shape index (κ2) is 6.98. The van der Waals surface area contributed by atoms with Crippen LogP contribution in [0.25, 0.3) is 0 Å². The van der Waals surface area contributed by atoms with Crippen LogP contribution in [0.2, 0.25) is 0 Å². The van der Waals surface area contributed by atoms with E-state index in [-0.39, 0.29) is 6.09 Å². The van der Waals surface area contributed by atoms with Gasteiger partial charge < -0.3 is 15.4 Å². The highest BCUT2D eigenvalue weighted by Gasteiger charge is 2.21. The molecule has 0 aromatic rings. The van der Waals surface area contributed by atoms with E-state index in [1.807, 2.05) is 20.8 Å². The van der Waals surface area contributed by atoms with Gasteiger partial charge >= 0.3 is 6.09 Å². The van der Waals surface area contributed by atoms with Gasteiger partial charge in [0.05, 0.1) is 0 Å². The topological polar surface area (TPSA) is 50.4 Å². The van der Waals surface area contributed by atoms with E-state index < -0.39 is 5.60 Å². The summed E-state index contributed by atoms with van der Waals surface area (Å²) in [4.78, 5) is 11.4. The van der Waals surface area contributed by atoms with Crippen molar-refractivity contribution in [1.29, 1.82) is 0 Å². The molecule has 0 spiro atoms. The van der Waals surface area contributed by atoms with Gasteiger partial charge in [0, 0.05) is 19.1 Å². The minimum absolute atomic E-state index is 0.335. The number of carbonyl (C=O) groups is 1. The molecule has 1 saturated carbocycles. The highest BCUT2D eigenvalue weighted by molar-refractivity contribution is 5.67. The molecular formula is C14H28N2O2. The Morgan fingerprint density at radius 3 is 2.44 bits per heavy atom. The molecule has 0 bridgehead atoms. The summed E-state index contributed by atoms with van der Waals surface area (Å²) >= 11 is 0. The highest BCUT2D eigenvalue weighted by Crippen LogP contribution is 2.27. The third-order valence-electron chi connectivity index (χ3n) is 3.37. The van der Waals surface area contributed by atoms with Gasteiger partial charge in [0.25, 0.3) is 0 Å². The zero-order chi connectivity index (χ0) is 13.6. The van der Waals surface area contributed by atoms with Gasteiger partial charge in [-0.2, -0.15) is 0 Å². The first kappa shape index (κ1) is 15.3. The highest BCUT2D eigenvalue weighted by atomic mass is 16.6. The van der Waals surface area contributed by atoms with E-state index in [1.54, 1.807) is 0 Å². The largest absolute Gasteiger partial charge is 0.444 e. The van der Waals surface area contributed by atoms with Crippen molar-refractivity contribution < 1.29 is 9.53 Å². The fourth-order valence-electron chi connectivity index (χ4n) is 2.40. The van der Waals surface area contributed by atoms with Crippen LogP contribution in [0.4, 0.5) is 4.79 Å². The summed E-state index contributed by atoms with van der Waals surface area (Å²) in [6.45, 7) is 9.26. The molecule has 2 N–H and O–H groups in total. The van der Waals surface area contributed by atoms with Crippen LogP contribution in [0.5, 0.6) is 0 Å². The van der Waals surface area contributed by atoms with Gasteiger partial charge in [-0.25, -0.2) is 4.79 Å². The lowest BCUT2D eigenvalue weighted by Crippen LogP contribution is -2.40. The Morgan fingerprint density at radius 1 is 1.28 bits per heavy atom. The van der Waals surface area contributed by atoms with Crippen molar-refractivity contribution in [3.63, 3.8) is 0 Å². The van der Waals surface area contributed by atoms with Crippen LogP contribution in [0.1, 0.15) is 53.4 Å². The molecule has 0 aromatic carbocycles. The number of alkyl carbamates (subject to hydrolysis) is 1. The number of nitrogens with one attached hydrogen (secondary N) is 2. The second-order valence-electron chi connectivity index (χ2n) is 6.22. The Labute approximate surface area is 111 Å². The van der Waals surface area contributed by atoms with Gasteiger partial charge in [-0.3, -0.25) is 0 Å². The predicted molar refractivity (Wildman–Crippen MR) is 73.7 cm³/mol. The van der Waals surface area contributed by atoms with Crippen LogP contribution in [-0.2, 0) is 4.74 Å². The fourth-order valence-corrected chi connectivity index (χ4v) is 2.40. The van der Waals surface area contributed by atoms with E-state index in [2.05, 4.69) is 17.6 Å². The number of hydrogen-bond acceptors (Lipinski definition) is 3. The minimum atomic E-state index is -0.422. The van der Waals surface area contributed by atoms with Gasteiger partial charge in [-0.15, -0.1) is 0 Å². The lowest BCUT2D eigenvalue weighted by Gasteiger charge is -2.22. The van der Waals surface area contributed by atoms with Crippen molar-refractivity contribution in [2.75, 3.05) is 13.1 Å². The zero-order valence-corrected chi connectivity index (χ0v) is 12.2. The maximum absolute atomic E-state index is 11.4. The van der Waals surface area contributed by atoms with E-state index >= 15 is 0 Å². The normalized spacial score (nSPS) is 18.7. The Bertz CT molecular complexity index is 255. The number of rotatable bonds is 5. The molecule has 0 saturated heterocycles. The molecule has 1 atom stereocenters. The van der Waals surface area contributed by atoms with Crippen LogP contribution >= 0.6 is 0 Å². The summed E-state index contributed by atoms with van der Waals surface area (Å²) in [6, 6.07) is 0.549. The average molecular weight is 256 g/mol. The Hall–Kier alpha value is -0.770. The maximum Gasteiger partial charge on any atom is 0.407 e. The van der Waals surface area contributed by atoms with Gasteiger partial charge in [0.1, 0.15) is 5.60 Å². The molecule has 4 nitrogen and oxygen atoms in total. The van der Waals surface area contributed by atoms with Crippen molar-refractivity contribution in [2.45, 2.75) is 65.0 Å². The first-order valence-electron chi connectivity index (χ1n) is 7.09. The molecule has 0 unspecified atom stereocenters. The number of hydrogen-bond donors (Lipinski definition) is 2. The Balaban J connectivity index is 2.05. The first-order chi connectivity index (χ1) is 8.38. The third kappa shape index (κ3) is 6.24. The van der Waals surface area contributed by atoms with E-state index in [0.29, 0.717) is 12.6 Å². The quantitative estimate of drug-likeness (QED) is 0.744. The fraction of sp³-hybridized carbons (Fsp3) is 0.929. The molecule has 4 heteroatoms. The molecule has 1 rings (SSSR count). The summed E-state index contributed by atoms with van der Waals surface area (Å²) in [5.74, 6) is 0.812. The zero-order valence-electron chi connectivity index (χ0n) is 12.2. The average Bonchev–Trinajstić information content (AvgIpc) is 2.74. The smallest absolute Gasteiger partial charge is 0.407 e. The van der Waals surface area contributed by atoms with Crippen molar-refractivity contribution in [3.05, 3.63) is 0 Å². The van der Waals surface area contributed by atoms with Gasteiger partial charge in [0.2, 0.25) is 0 Å². The summed E-state index contributed by atoms with van der Waals surface area (Å²) in [5, 5.41) is 6.23. The Morgan fingerprint density at radius 2 is 1.89 bits per heavy atom. The van der Waals surface area contributed by atoms with Crippen LogP contribution < -0.4 is 10.6 Å². The van der Waals surface area contributed by atoms with Gasteiger partial charge in [-0.05, 0) is 46.5 Å². The van der Waals surface area contributed by atoms with E-state index in [4.69, 9.17) is 4.74 Å². The first-order valence-corrected chi connectivity index (χ1v) is 7.09. The van der Waals surface area contributed by atoms with Crippen molar-refractivity contribution in [1.82, 2.24) is 10.6 Å². The summed E-state index contributed by atoms with van der Waals surface area (Å²) in [6.07, 6.45) is 5.08. The van der Waals surface area contributed by atoms with Crippen LogP contribution in [0.3, 0.4) is 0 Å². The van der Waals surface area contributed by atoms with Crippen molar-refractivity contribution in [3.8, 4) is 0 Å². The monoisotopic (exact) mass is 256 g/mol. The van der Waals surface area contributed by atoms with E-state index in [9.17, 15) is 4.79 Å². The SMILES string of the molecule is C[C@@H](NCCNC(=O)OC(C)(C)C)C1CCCC1. The molecule has 1 fully saturated rings. The summed E-state index contributed by atoms with van der Waals surface area (Å²) < 4.78 is 5.17. The maximum atomic E-state index is 11.4.